The van der Waals surface area contributed by atoms with Gasteiger partial charge in [0, 0.05) is 9.75 Å². The molecule has 35 heavy (non-hydrogen) atoms. The van der Waals surface area contributed by atoms with Crippen LogP contribution in [0.1, 0.15) is 20.9 Å². The molecular formula is C24H16ClF4N3O2S. The van der Waals surface area contributed by atoms with Crippen molar-refractivity contribution in [3.63, 3.8) is 0 Å². The molecule has 0 bridgehead atoms. The van der Waals surface area contributed by atoms with Crippen molar-refractivity contribution in [2.45, 2.75) is 19.8 Å². The highest BCUT2D eigenvalue weighted by molar-refractivity contribution is 7.15. The number of alkyl halides is 3. The molecule has 11 heteroatoms. The number of nitrogens with zero attached hydrogens (tertiary/aromatic N) is 3. The first kappa shape index (κ1) is 24.6. The van der Waals surface area contributed by atoms with Gasteiger partial charge in [0.2, 0.25) is 0 Å². The Morgan fingerprint density at radius 1 is 1.11 bits per heavy atom. The van der Waals surface area contributed by atoms with E-state index in [1.54, 1.807) is 24.3 Å². The summed E-state index contributed by atoms with van der Waals surface area (Å²) in [4.78, 5) is 23.8. The Morgan fingerprint density at radius 3 is 2.57 bits per heavy atom. The van der Waals surface area contributed by atoms with Crippen molar-refractivity contribution < 1.29 is 27.1 Å². The van der Waals surface area contributed by atoms with Crippen molar-refractivity contribution in [3.05, 3.63) is 94.1 Å². The third-order valence-electron chi connectivity index (χ3n) is 4.87. The topological polar surface area (TPSA) is 55.3 Å². The van der Waals surface area contributed by atoms with Gasteiger partial charge in [-0.1, -0.05) is 23.7 Å². The van der Waals surface area contributed by atoms with Crippen LogP contribution in [0.4, 0.5) is 23.2 Å². The Hall–Kier alpha value is -3.50. The van der Waals surface area contributed by atoms with Crippen LogP contribution in [0, 0.1) is 12.7 Å². The van der Waals surface area contributed by atoms with E-state index in [1.165, 1.54) is 65.9 Å². The Morgan fingerprint density at radius 2 is 1.89 bits per heavy atom. The van der Waals surface area contributed by atoms with Gasteiger partial charge in [-0.05, 0) is 60.5 Å². The van der Waals surface area contributed by atoms with Crippen LogP contribution < -0.4 is 9.64 Å². The van der Waals surface area contributed by atoms with Crippen LogP contribution in [0.3, 0.4) is 0 Å². The first-order chi connectivity index (χ1) is 16.6. The molecule has 0 N–H and O–H groups in total. The number of aryl methyl sites for hydroxylation is 1. The average molecular weight is 522 g/mol. The Labute approximate surface area is 206 Å². The minimum atomic E-state index is -4.78. The smallest absolute Gasteiger partial charge is 0.406 e. The summed E-state index contributed by atoms with van der Waals surface area (Å²) in [5.41, 5.74) is 1.00. The molecule has 0 spiro atoms. The molecule has 2 aromatic heterocycles. The van der Waals surface area contributed by atoms with Crippen molar-refractivity contribution in [1.82, 2.24) is 9.97 Å². The normalized spacial score (nSPS) is 11.4. The fraction of sp³-hybridized carbons (Fsp3) is 0.125. The number of hydrogen-bond donors (Lipinski definition) is 0. The van der Waals surface area contributed by atoms with Crippen molar-refractivity contribution in [1.29, 1.82) is 0 Å². The minimum absolute atomic E-state index is 0.0207. The van der Waals surface area contributed by atoms with Crippen LogP contribution in [0.5, 0.6) is 5.75 Å². The number of benzene rings is 2. The van der Waals surface area contributed by atoms with Gasteiger partial charge in [-0.3, -0.25) is 14.7 Å². The SMILES string of the molecule is Cc1cc(-c2ccc(CN(C(=O)c3cncc(Cl)n3)c3ccccc3F)s2)ccc1OC(F)(F)F. The van der Waals surface area contributed by atoms with Crippen LogP contribution in [0.2, 0.25) is 5.15 Å². The van der Waals surface area contributed by atoms with Gasteiger partial charge in [-0.25, -0.2) is 9.37 Å². The summed E-state index contributed by atoms with van der Waals surface area (Å²) in [5.74, 6) is -1.47. The van der Waals surface area contributed by atoms with Crippen molar-refractivity contribution in [3.8, 4) is 16.2 Å². The predicted molar refractivity (Wildman–Crippen MR) is 125 cm³/mol. The van der Waals surface area contributed by atoms with Crippen LogP contribution in [-0.4, -0.2) is 22.2 Å². The Kier molecular flexibility index (Phi) is 7.04. The molecule has 0 saturated carbocycles. The molecule has 2 heterocycles. The van der Waals surface area contributed by atoms with Crippen molar-refractivity contribution in [2.75, 3.05) is 4.90 Å². The number of anilines is 1. The highest BCUT2D eigenvalue weighted by Gasteiger charge is 2.31. The summed E-state index contributed by atoms with van der Waals surface area (Å²) in [5, 5.41) is 0.0241. The van der Waals surface area contributed by atoms with Crippen molar-refractivity contribution >= 4 is 34.5 Å². The van der Waals surface area contributed by atoms with Gasteiger partial charge in [-0.15, -0.1) is 24.5 Å². The minimum Gasteiger partial charge on any atom is -0.406 e. The van der Waals surface area contributed by atoms with Gasteiger partial charge >= 0.3 is 6.36 Å². The van der Waals surface area contributed by atoms with E-state index in [4.69, 9.17) is 11.6 Å². The van der Waals surface area contributed by atoms with Gasteiger partial charge in [-0.2, -0.15) is 0 Å². The molecule has 0 aliphatic rings. The van der Waals surface area contributed by atoms with Gasteiger partial charge in [0.15, 0.2) is 0 Å². The molecule has 0 aliphatic carbocycles. The third kappa shape index (κ3) is 5.95. The number of amides is 1. The lowest BCUT2D eigenvalue weighted by Crippen LogP contribution is -2.31. The molecule has 0 unspecified atom stereocenters. The first-order valence-electron chi connectivity index (χ1n) is 10.1. The molecule has 4 rings (SSSR count). The number of ether oxygens (including phenoxy) is 1. The van der Waals surface area contributed by atoms with E-state index in [2.05, 4.69) is 14.7 Å². The molecular weight excluding hydrogens is 506 g/mol. The van der Waals surface area contributed by atoms with E-state index < -0.39 is 18.1 Å². The Balaban J connectivity index is 1.63. The standard InChI is InChI=1S/C24H16ClF4N3O2S/c1-14-10-15(6-8-20(14)34-24(27,28)29)21-9-7-16(35-21)13-32(19-5-3-2-4-17(19)26)23(33)18-11-30-12-22(25)31-18/h2-12H,13H2,1H3. The third-order valence-corrected chi connectivity index (χ3v) is 6.17. The van der Waals surface area contributed by atoms with Crippen LogP contribution in [-0.2, 0) is 6.54 Å². The number of halogens is 5. The first-order valence-corrected chi connectivity index (χ1v) is 11.3. The van der Waals surface area contributed by atoms with Crippen molar-refractivity contribution in [2.24, 2.45) is 0 Å². The molecule has 1 amide bonds. The number of carbonyl (C=O) groups excluding carboxylic acids is 1. The quantitative estimate of drug-likeness (QED) is 0.255. The summed E-state index contributed by atoms with van der Waals surface area (Å²) in [7, 11) is 0. The number of thiophene rings is 1. The second-order valence-corrected chi connectivity index (χ2v) is 8.92. The van der Waals surface area contributed by atoms with E-state index in [9.17, 15) is 22.4 Å². The Bertz CT molecular complexity index is 1380. The second-order valence-electron chi connectivity index (χ2n) is 7.36. The van der Waals surface area contributed by atoms with Gasteiger partial charge in [0.25, 0.3) is 5.91 Å². The maximum absolute atomic E-state index is 14.6. The molecule has 5 nitrogen and oxygen atoms in total. The summed E-state index contributed by atoms with van der Waals surface area (Å²) >= 11 is 7.19. The van der Waals surface area contributed by atoms with E-state index >= 15 is 0 Å². The highest BCUT2D eigenvalue weighted by Crippen LogP contribution is 2.34. The second kappa shape index (κ2) is 10.0. The molecule has 0 aliphatic heterocycles. The summed E-state index contributed by atoms with van der Waals surface area (Å²) < 4.78 is 56.3. The largest absolute Gasteiger partial charge is 0.573 e. The lowest BCUT2D eigenvalue weighted by Gasteiger charge is -2.22. The highest BCUT2D eigenvalue weighted by atomic mass is 35.5. The maximum Gasteiger partial charge on any atom is 0.573 e. The lowest BCUT2D eigenvalue weighted by molar-refractivity contribution is -0.274. The molecule has 0 fully saturated rings. The number of carbonyl (C=O) groups is 1. The van der Waals surface area contributed by atoms with Gasteiger partial charge in [0.05, 0.1) is 24.6 Å². The number of aromatic nitrogens is 2. The van der Waals surface area contributed by atoms with E-state index in [0.29, 0.717) is 16.0 Å². The fourth-order valence-electron chi connectivity index (χ4n) is 3.34. The fourth-order valence-corrected chi connectivity index (χ4v) is 4.48. The average Bonchev–Trinajstić information content (AvgIpc) is 3.27. The van der Waals surface area contributed by atoms with Gasteiger partial charge < -0.3 is 4.74 Å². The molecule has 0 saturated heterocycles. The summed E-state index contributed by atoms with van der Waals surface area (Å²) in [6.45, 7) is 1.54. The van der Waals surface area contributed by atoms with E-state index in [1.807, 2.05) is 0 Å². The van der Waals surface area contributed by atoms with E-state index in [0.717, 1.165) is 4.88 Å². The molecule has 0 atom stereocenters. The predicted octanol–water partition coefficient (Wildman–Crippen LogP) is 7.05. The number of rotatable bonds is 6. The zero-order valence-corrected chi connectivity index (χ0v) is 19.6. The molecule has 180 valence electrons. The molecule has 0 radical (unpaired) electrons. The summed E-state index contributed by atoms with van der Waals surface area (Å²) in [6, 6.07) is 13.7. The van der Waals surface area contributed by atoms with Crippen LogP contribution >= 0.6 is 22.9 Å². The monoisotopic (exact) mass is 521 g/mol. The molecule has 4 aromatic rings. The van der Waals surface area contributed by atoms with Crippen LogP contribution in [0.25, 0.3) is 10.4 Å². The zero-order chi connectivity index (χ0) is 25.2. The zero-order valence-electron chi connectivity index (χ0n) is 18.0. The van der Waals surface area contributed by atoms with Gasteiger partial charge in [0.1, 0.15) is 22.4 Å². The van der Waals surface area contributed by atoms with Crippen LogP contribution in [0.15, 0.2) is 67.0 Å². The number of hydrogen-bond acceptors (Lipinski definition) is 5. The summed E-state index contributed by atoms with van der Waals surface area (Å²) in [6.07, 6.45) is -2.25. The number of para-hydroxylation sites is 1. The lowest BCUT2D eigenvalue weighted by atomic mass is 10.1. The van der Waals surface area contributed by atoms with E-state index in [-0.39, 0.29) is 28.8 Å². The maximum atomic E-state index is 14.6. The molecule has 2 aromatic carbocycles.